The predicted molar refractivity (Wildman–Crippen MR) is 106 cm³/mol. The molecule has 1 saturated heterocycles. The molecule has 1 N–H and O–H groups in total. The lowest BCUT2D eigenvalue weighted by molar-refractivity contribution is 0.346. The molecule has 2 aromatic carbocycles. The van der Waals surface area contributed by atoms with E-state index in [4.69, 9.17) is 11.6 Å². The van der Waals surface area contributed by atoms with E-state index in [1.807, 2.05) is 0 Å². The van der Waals surface area contributed by atoms with Crippen LogP contribution in [0.25, 0.3) is 10.9 Å². The summed E-state index contributed by atoms with van der Waals surface area (Å²) < 4.78 is 42.5. The van der Waals surface area contributed by atoms with Crippen molar-refractivity contribution in [3.8, 4) is 0 Å². The largest absolute Gasteiger partial charge is 0.295 e. The van der Waals surface area contributed by atoms with Crippen LogP contribution in [-0.4, -0.2) is 35.6 Å². The van der Waals surface area contributed by atoms with Crippen LogP contribution < -0.4 is 5.56 Å². The number of nitrogens with one attached hydrogen (secondary N) is 1. The molecular weight excluding hydrogens is 405 g/mol. The van der Waals surface area contributed by atoms with Crippen LogP contribution in [0.4, 0.5) is 4.39 Å². The van der Waals surface area contributed by atoms with Gasteiger partial charge in [-0.2, -0.15) is 4.31 Å². The summed E-state index contributed by atoms with van der Waals surface area (Å²) >= 11 is 6.05. The van der Waals surface area contributed by atoms with Crippen LogP contribution in [0.2, 0.25) is 5.02 Å². The smallest absolute Gasteiger partial charge is 0.274 e. The van der Waals surface area contributed by atoms with Crippen molar-refractivity contribution in [2.75, 3.05) is 13.1 Å². The summed E-state index contributed by atoms with van der Waals surface area (Å²) in [5.74, 6) is -0.508. The van der Waals surface area contributed by atoms with Crippen molar-refractivity contribution in [1.82, 2.24) is 14.1 Å². The molecule has 9 heteroatoms. The highest BCUT2D eigenvalue weighted by molar-refractivity contribution is 7.89. The molecule has 1 aliphatic rings. The number of piperidine rings is 1. The highest BCUT2D eigenvalue weighted by atomic mass is 35.5. The number of hydrogen-bond acceptors (Lipinski definition) is 3. The average molecular weight is 424 g/mol. The normalized spacial score (nSPS) is 15.9. The first-order chi connectivity index (χ1) is 13.4. The van der Waals surface area contributed by atoms with Gasteiger partial charge >= 0.3 is 0 Å². The minimum atomic E-state index is -3.64. The van der Waals surface area contributed by atoms with Gasteiger partial charge in [-0.1, -0.05) is 24.1 Å². The molecule has 0 radical (unpaired) electrons. The minimum absolute atomic E-state index is 0.0762. The fraction of sp³-hybridized carbons (Fsp3) is 0.316. The van der Waals surface area contributed by atoms with Crippen LogP contribution in [0.5, 0.6) is 0 Å². The van der Waals surface area contributed by atoms with Crippen molar-refractivity contribution in [1.29, 1.82) is 0 Å². The summed E-state index contributed by atoms with van der Waals surface area (Å²) in [5.41, 5.74) is 0.249. The second-order valence-electron chi connectivity index (χ2n) is 6.88. The van der Waals surface area contributed by atoms with Gasteiger partial charge in [-0.15, -0.1) is 0 Å². The van der Waals surface area contributed by atoms with Crippen LogP contribution >= 0.6 is 11.6 Å². The number of rotatable bonds is 4. The molecule has 2 heterocycles. The summed E-state index contributed by atoms with van der Waals surface area (Å²) in [6, 6.07) is 8.76. The van der Waals surface area contributed by atoms with E-state index in [-0.39, 0.29) is 27.4 Å². The Bertz CT molecular complexity index is 1180. The fourth-order valence-corrected chi connectivity index (χ4v) is 5.27. The highest BCUT2D eigenvalue weighted by Gasteiger charge is 2.26. The number of benzene rings is 2. The summed E-state index contributed by atoms with van der Waals surface area (Å²) in [4.78, 5) is 12.9. The summed E-state index contributed by atoms with van der Waals surface area (Å²) in [7, 11) is -3.64. The maximum atomic E-state index is 14.1. The van der Waals surface area contributed by atoms with E-state index in [0.29, 0.717) is 18.6 Å². The van der Waals surface area contributed by atoms with Crippen molar-refractivity contribution in [2.24, 2.45) is 0 Å². The topological polar surface area (TPSA) is 75.2 Å². The number of aromatic amines is 1. The first-order valence-corrected chi connectivity index (χ1v) is 10.9. The molecule has 0 atom stereocenters. The summed E-state index contributed by atoms with van der Waals surface area (Å²) in [6.07, 6.45) is 2.69. The van der Waals surface area contributed by atoms with Crippen LogP contribution in [0.1, 0.15) is 24.8 Å². The highest BCUT2D eigenvalue weighted by Crippen LogP contribution is 2.24. The molecule has 148 valence electrons. The molecule has 0 amide bonds. The van der Waals surface area contributed by atoms with Crippen molar-refractivity contribution in [3.63, 3.8) is 0 Å². The second kappa shape index (κ2) is 7.35. The number of fused-ring (bicyclic) bond motifs is 1. The average Bonchev–Trinajstić information content (AvgIpc) is 3.00. The van der Waals surface area contributed by atoms with E-state index in [2.05, 4.69) is 5.10 Å². The number of hydrogen-bond donors (Lipinski definition) is 1. The molecule has 3 aromatic rings. The van der Waals surface area contributed by atoms with Crippen LogP contribution in [0, 0.1) is 5.82 Å². The fourth-order valence-electron chi connectivity index (χ4n) is 3.51. The van der Waals surface area contributed by atoms with E-state index in [0.717, 1.165) is 19.3 Å². The second-order valence-corrected chi connectivity index (χ2v) is 9.22. The van der Waals surface area contributed by atoms with Gasteiger partial charge in [0, 0.05) is 23.7 Å². The molecule has 0 bridgehead atoms. The zero-order chi connectivity index (χ0) is 19.9. The number of halogens is 2. The van der Waals surface area contributed by atoms with Gasteiger partial charge < -0.3 is 0 Å². The van der Waals surface area contributed by atoms with Crippen molar-refractivity contribution in [2.45, 2.75) is 30.7 Å². The quantitative estimate of drug-likeness (QED) is 0.699. The molecule has 0 aliphatic carbocycles. The SMILES string of the molecule is O=c1c2cc(S(=O)(=O)N3CCCCC3)ccc2[nH]n1Cc1c(F)cccc1Cl. The van der Waals surface area contributed by atoms with E-state index in [1.165, 1.54) is 33.3 Å². The van der Waals surface area contributed by atoms with Crippen molar-refractivity contribution >= 4 is 32.5 Å². The van der Waals surface area contributed by atoms with Gasteiger partial charge in [-0.3, -0.25) is 9.89 Å². The third-order valence-electron chi connectivity index (χ3n) is 5.05. The zero-order valence-corrected chi connectivity index (χ0v) is 16.6. The molecule has 4 rings (SSSR count). The Labute approximate surface area is 166 Å². The molecule has 0 spiro atoms. The van der Waals surface area contributed by atoms with Crippen LogP contribution in [0.3, 0.4) is 0 Å². The Morgan fingerprint density at radius 2 is 1.86 bits per heavy atom. The minimum Gasteiger partial charge on any atom is -0.295 e. The third kappa shape index (κ3) is 3.36. The number of sulfonamides is 1. The van der Waals surface area contributed by atoms with Crippen molar-refractivity contribution < 1.29 is 12.8 Å². The lowest BCUT2D eigenvalue weighted by Crippen LogP contribution is -2.35. The molecule has 0 saturated carbocycles. The van der Waals surface area contributed by atoms with Gasteiger partial charge in [0.05, 0.1) is 22.3 Å². The predicted octanol–water partition coefficient (Wildman–Crippen LogP) is 3.35. The molecule has 0 unspecified atom stereocenters. The van der Waals surface area contributed by atoms with E-state index < -0.39 is 21.4 Å². The first-order valence-electron chi connectivity index (χ1n) is 9.03. The summed E-state index contributed by atoms with van der Waals surface area (Å²) in [6.45, 7) is 0.903. The number of aromatic nitrogens is 2. The van der Waals surface area contributed by atoms with Gasteiger partial charge in [0.25, 0.3) is 5.56 Å². The maximum Gasteiger partial charge on any atom is 0.274 e. The van der Waals surface area contributed by atoms with Gasteiger partial charge in [0.2, 0.25) is 10.0 Å². The van der Waals surface area contributed by atoms with Gasteiger partial charge in [0.1, 0.15) is 5.82 Å². The Hall–Kier alpha value is -2.16. The lowest BCUT2D eigenvalue weighted by Gasteiger charge is -2.25. The van der Waals surface area contributed by atoms with Crippen LogP contribution in [-0.2, 0) is 16.6 Å². The van der Waals surface area contributed by atoms with E-state index >= 15 is 0 Å². The monoisotopic (exact) mass is 423 g/mol. The van der Waals surface area contributed by atoms with Crippen molar-refractivity contribution in [3.05, 3.63) is 63.2 Å². The molecule has 1 aromatic heterocycles. The summed E-state index contributed by atoms with van der Waals surface area (Å²) in [5, 5.41) is 3.36. The standard InChI is InChI=1S/C19H19ClFN3O3S/c20-16-5-4-6-17(21)15(16)12-24-19(25)14-11-13(7-8-18(14)22-24)28(26,27)23-9-2-1-3-10-23/h4-8,11,22H,1-3,9-10,12H2. The third-order valence-corrected chi connectivity index (χ3v) is 7.30. The van der Waals surface area contributed by atoms with E-state index in [1.54, 1.807) is 12.1 Å². The van der Waals surface area contributed by atoms with Gasteiger partial charge in [-0.05, 0) is 43.2 Å². The maximum absolute atomic E-state index is 14.1. The first kappa shape index (κ1) is 19.2. The van der Waals surface area contributed by atoms with E-state index in [9.17, 15) is 17.6 Å². The Morgan fingerprint density at radius 1 is 1.11 bits per heavy atom. The molecular formula is C19H19ClFN3O3S. The molecule has 28 heavy (non-hydrogen) atoms. The molecule has 1 aliphatic heterocycles. The number of nitrogens with zero attached hydrogens (tertiary/aromatic N) is 2. The Kier molecular flexibility index (Phi) is 5.03. The lowest BCUT2D eigenvalue weighted by atomic mass is 10.2. The van der Waals surface area contributed by atoms with Gasteiger partial charge in [0.15, 0.2) is 0 Å². The number of H-pyrrole nitrogens is 1. The van der Waals surface area contributed by atoms with Crippen LogP contribution in [0.15, 0.2) is 46.1 Å². The molecule has 1 fully saturated rings. The zero-order valence-electron chi connectivity index (χ0n) is 15.0. The Balaban J connectivity index is 1.73. The molecule has 6 nitrogen and oxygen atoms in total. The van der Waals surface area contributed by atoms with Gasteiger partial charge in [-0.25, -0.2) is 17.5 Å². The Morgan fingerprint density at radius 3 is 2.57 bits per heavy atom.